The van der Waals surface area contributed by atoms with Crippen LogP contribution in [0.3, 0.4) is 0 Å². The lowest BCUT2D eigenvalue weighted by Crippen LogP contribution is -2.39. The number of aromatic nitrogens is 1. The fourth-order valence-electron chi connectivity index (χ4n) is 1.18. The van der Waals surface area contributed by atoms with Crippen LogP contribution < -0.4 is 5.32 Å². The minimum atomic E-state index is 0.626. The zero-order valence-corrected chi connectivity index (χ0v) is 8.80. The molecule has 0 bridgehead atoms. The first kappa shape index (κ1) is 10.5. The maximum Gasteiger partial charge on any atom is 0.0592 e. The Bertz CT molecular complexity index is 259. The highest BCUT2D eigenvalue weighted by Gasteiger charge is 2.18. The summed E-state index contributed by atoms with van der Waals surface area (Å²) in [5.74, 6) is 0.626. The summed E-state index contributed by atoms with van der Waals surface area (Å²) in [5, 5.41) is 3.94. The quantitative estimate of drug-likeness (QED) is 0.750. The maximum atomic E-state index is 5.79. The summed E-state index contributed by atoms with van der Waals surface area (Å²) in [5.41, 5.74) is 1.25. The highest BCUT2D eigenvalue weighted by molar-refractivity contribution is 6.30. The van der Waals surface area contributed by atoms with Gasteiger partial charge in [-0.15, -0.1) is 0 Å². The highest BCUT2D eigenvalue weighted by Crippen LogP contribution is 2.20. The summed E-state index contributed by atoms with van der Waals surface area (Å²) in [7, 11) is 0. The Balaban J connectivity index is 0.000000396. The summed E-state index contributed by atoms with van der Waals surface area (Å²) in [4.78, 5) is 4.03. The van der Waals surface area contributed by atoms with Crippen LogP contribution in [-0.4, -0.2) is 18.1 Å². The van der Waals surface area contributed by atoms with Crippen molar-refractivity contribution in [1.29, 1.82) is 0 Å². The molecule has 1 aromatic heterocycles. The van der Waals surface area contributed by atoms with E-state index in [-0.39, 0.29) is 0 Å². The Labute approximate surface area is 84.3 Å². The lowest BCUT2D eigenvalue weighted by molar-refractivity contribution is 0.447. The topological polar surface area (TPSA) is 24.9 Å². The van der Waals surface area contributed by atoms with E-state index in [4.69, 9.17) is 11.6 Å². The summed E-state index contributed by atoms with van der Waals surface area (Å²) < 4.78 is 0. The van der Waals surface area contributed by atoms with E-state index >= 15 is 0 Å². The first-order valence-corrected chi connectivity index (χ1v) is 5.05. The molecule has 1 aliphatic rings. The van der Waals surface area contributed by atoms with Gasteiger partial charge in [-0.05, 0) is 11.6 Å². The second-order valence-electron chi connectivity index (χ2n) is 2.79. The monoisotopic (exact) mass is 198 g/mol. The summed E-state index contributed by atoms with van der Waals surface area (Å²) in [6.45, 7) is 6.12. The minimum absolute atomic E-state index is 0.626. The average molecular weight is 199 g/mol. The minimum Gasteiger partial charge on any atom is -0.315 e. The van der Waals surface area contributed by atoms with Gasteiger partial charge in [0.05, 0.1) is 5.02 Å². The molecule has 0 unspecified atom stereocenters. The molecule has 2 nitrogen and oxygen atoms in total. The third kappa shape index (κ3) is 2.68. The first-order valence-electron chi connectivity index (χ1n) is 4.67. The molecule has 3 heteroatoms. The molecule has 0 aliphatic carbocycles. The standard InChI is InChI=1S/C8H9ClN2.C2H6/c9-8-1-6(2-11-5-8)7-3-10-4-7;1-2/h1-2,5,7,10H,3-4H2;1-2H3. The predicted molar refractivity (Wildman–Crippen MR) is 56.2 cm³/mol. The molecule has 1 aliphatic heterocycles. The van der Waals surface area contributed by atoms with Crippen molar-refractivity contribution >= 4 is 11.6 Å². The van der Waals surface area contributed by atoms with Crippen LogP contribution >= 0.6 is 11.6 Å². The van der Waals surface area contributed by atoms with Crippen LogP contribution in [0.4, 0.5) is 0 Å². The molecule has 0 radical (unpaired) electrons. The van der Waals surface area contributed by atoms with Crippen molar-refractivity contribution in [3.8, 4) is 0 Å². The lowest BCUT2D eigenvalue weighted by atomic mass is 9.95. The fraction of sp³-hybridized carbons (Fsp3) is 0.500. The number of nitrogens with one attached hydrogen (secondary N) is 1. The van der Waals surface area contributed by atoms with E-state index in [2.05, 4.69) is 10.3 Å². The van der Waals surface area contributed by atoms with Crippen molar-refractivity contribution < 1.29 is 0 Å². The third-order valence-corrected chi connectivity index (χ3v) is 2.19. The van der Waals surface area contributed by atoms with E-state index in [9.17, 15) is 0 Å². The van der Waals surface area contributed by atoms with Crippen LogP contribution in [0.2, 0.25) is 5.02 Å². The number of rotatable bonds is 1. The van der Waals surface area contributed by atoms with Crippen LogP contribution in [-0.2, 0) is 0 Å². The molecule has 1 aromatic rings. The molecule has 72 valence electrons. The Morgan fingerprint density at radius 3 is 2.54 bits per heavy atom. The molecular formula is C10H15ClN2. The third-order valence-electron chi connectivity index (χ3n) is 1.98. The van der Waals surface area contributed by atoms with Crippen LogP contribution in [0, 0.1) is 0 Å². The summed E-state index contributed by atoms with van der Waals surface area (Å²) in [6.07, 6.45) is 3.55. The highest BCUT2D eigenvalue weighted by atomic mass is 35.5. The van der Waals surface area contributed by atoms with Crippen LogP contribution in [0.25, 0.3) is 0 Å². The van der Waals surface area contributed by atoms with E-state index in [0.717, 1.165) is 18.1 Å². The predicted octanol–water partition coefficient (Wildman–Crippen LogP) is 2.45. The van der Waals surface area contributed by atoms with E-state index in [1.165, 1.54) is 5.56 Å². The van der Waals surface area contributed by atoms with Gasteiger partial charge >= 0.3 is 0 Å². The van der Waals surface area contributed by atoms with Crippen molar-refractivity contribution in [2.24, 2.45) is 0 Å². The smallest absolute Gasteiger partial charge is 0.0592 e. The molecule has 2 heterocycles. The lowest BCUT2D eigenvalue weighted by Gasteiger charge is -2.27. The Morgan fingerprint density at radius 1 is 1.38 bits per heavy atom. The van der Waals surface area contributed by atoms with E-state index < -0.39 is 0 Å². The molecular weight excluding hydrogens is 184 g/mol. The zero-order valence-electron chi connectivity index (χ0n) is 8.05. The maximum absolute atomic E-state index is 5.79. The van der Waals surface area contributed by atoms with Crippen molar-refractivity contribution in [2.45, 2.75) is 19.8 Å². The Kier molecular flexibility index (Phi) is 4.19. The molecule has 0 aromatic carbocycles. The largest absolute Gasteiger partial charge is 0.315 e. The van der Waals surface area contributed by atoms with E-state index in [1.54, 1.807) is 6.20 Å². The van der Waals surface area contributed by atoms with Crippen molar-refractivity contribution in [3.05, 3.63) is 29.0 Å². The van der Waals surface area contributed by atoms with Gasteiger partial charge in [-0.3, -0.25) is 4.98 Å². The molecule has 0 saturated carbocycles. The molecule has 0 atom stereocenters. The number of hydrogen-bond acceptors (Lipinski definition) is 2. The normalized spacial score (nSPS) is 15.6. The van der Waals surface area contributed by atoms with Gasteiger partial charge in [0.2, 0.25) is 0 Å². The number of nitrogens with zero attached hydrogens (tertiary/aromatic N) is 1. The average Bonchev–Trinajstić information content (AvgIpc) is 2.05. The van der Waals surface area contributed by atoms with Crippen LogP contribution in [0.5, 0.6) is 0 Å². The van der Waals surface area contributed by atoms with Gasteiger partial charge in [-0.25, -0.2) is 0 Å². The fourth-order valence-corrected chi connectivity index (χ4v) is 1.36. The Hall–Kier alpha value is -0.600. The van der Waals surface area contributed by atoms with Gasteiger partial charge in [0, 0.05) is 31.4 Å². The molecule has 1 fully saturated rings. The number of pyridine rings is 1. The van der Waals surface area contributed by atoms with E-state index in [1.807, 2.05) is 26.1 Å². The second kappa shape index (κ2) is 5.20. The van der Waals surface area contributed by atoms with E-state index in [0.29, 0.717) is 5.92 Å². The summed E-state index contributed by atoms with van der Waals surface area (Å²) >= 11 is 5.79. The van der Waals surface area contributed by atoms with Crippen molar-refractivity contribution in [2.75, 3.05) is 13.1 Å². The van der Waals surface area contributed by atoms with Gasteiger partial charge in [0.25, 0.3) is 0 Å². The number of hydrogen-bond donors (Lipinski definition) is 1. The molecule has 2 rings (SSSR count). The van der Waals surface area contributed by atoms with Crippen LogP contribution in [0.1, 0.15) is 25.3 Å². The molecule has 1 N–H and O–H groups in total. The first-order chi connectivity index (χ1) is 6.36. The SMILES string of the molecule is CC.Clc1cncc(C2CNC2)c1. The van der Waals surface area contributed by atoms with Gasteiger partial charge in [0.1, 0.15) is 0 Å². The van der Waals surface area contributed by atoms with Gasteiger partial charge < -0.3 is 5.32 Å². The molecule has 0 spiro atoms. The van der Waals surface area contributed by atoms with Crippen LogP contribution in [0.15, 0.2) is 18.5 Å². The molecule has 1 saturated heterocycles. The van der Waals surface area contributed by atoms with Gasteiger partial charge in [0.15, 0.2) is 0 Å². The van der Waals surface area contributed by atoms with Gasteiger partial charge in [-0.2, -0.15) is 0 Å². The second-order valence-corrected chi connectivity index (χ2v) is 3.23. The van der Waals surface area contributed by atoms with Crippen molar-refractivity contribution in [1.82, 2.24) is 10.3 Å². The number of halogens is 1. The Morgan fingerprint density at radius 2 is 2.08 bits per heavy atom. The molecule has 13 heavy (non-hydrogen) atoms. The van der Waals surface area contributed by atoms with Gasteiger partial charge in [-0.1, -0.05) is 25.4 Å². The van der Waals surface area contributed by atoms with Crippen molar-refractivity contribution in [3.63, 3.8) is 0 Å². The molecule has 0 amide bonds. The zero-order chi connectivity index (χ0) is 9.68. The summed E-state index contributed by atoms with van der Waals surface area (Å²) in [6, 6.07) is 1.99.